The van der Waals surface area contributed by atoms with Crippen LogP contribution in [0, 0.1) is 13.8 Å². The van der Waals surface area contributed by atoms with E-state index in [1.54, 1.807) is 13.0 Å². The van der Waals surface area contributed by atoms with Gasteiger partial charge in [0.25, 0.3) is 5.91 Å². The first-order valence-electron chi connectivity index (χ1n) is 8.99. The fraction of sp³-hybridized carbons (Fsp3) is 0.450. The number of carbonyl (C=O) groups is 1. The van der Waals surface area contributed by atoms with Gasteiger partial charge in [-0.3, -0.25) is 9.69 Å². The summed E-state index contributed by atoms with van der Waals surface area (Å²) in [6.07, 6.45) is -3.49. The van der Waals surface area contributed by atoms with Crippen molar-refractivity contribution in [1.29, 1.82) is 0 Å². The fourth-order valence-electron chi connectivity index (χ4n) is 3.40. The van der Waals surface area contributed by atoms with Crippen LogP contribution in [0.5, 0.6) is 0 Å². The summed E-state index contributed by atoms with van der Waals surface area (Å²) in [6.45, 7) is 6.91. The molecule has 1 aromatic carbocycles. The van der Waals surface area contributed by atoms with Crippen molar-refractivity contribution < 1.29 is 22.4 Å². The number of rotatable bonds is 3. The van der Waals surface area contributed by atoms with Gasteiger partial charge in [-0.1, -0.05) is 12.1 Å². The van der Waals surface area contributed by atoms with Crippen molar-refractivity contribution in [2.45, 2.75) is 33.0 Å². The van der Waals surface area contributed by atoms with Crippen molar-refractivity contribution in [3.63, 3.8) is 0 Å². The third-order valence-corrected chi connectivity index (χ3v) is 4.83. The van der Waals surface area contributed by atoms with E-state index in [9.17, 15) is 18.0 Å². The molecule has 1 saturated heterocycles. The van der Waals surface area contributed by atoms with Gasteiger partial charge < -0.3 is 9.32 Å². The normalized spacial score (nSPS) is 16.4. The quantitative estimate of drug-likeness (QED) is 0.798. The number of aryl methyl sites for hydroxylation is 2. The van der Waals surface area contributed by atoms with Crippen LogP contribution < -0.4 is 0 Å². The molecule has 146 valence electrons. The van der Waals surface area contributed by atoms with Crippen LogP contribution in [0.3, 0.4) is 0 Å². The number of alkyl halides is 3. The molecule has 0 unspecified atom stereocenters. The van der Waals surface area contributed by atoms with E-state index in [0.29, 0.717) is 37.5 Å². The van der Waals surface area contributed by atoms with Gasteiger partial charge in [-0.05, 0) is 44.0 Å². The lowest BCUT2D eigenvalue weighted by molar-refractivity contribution is -0.137. The minimum atomic E-state index is -4.31. The molecule has 0 aliphatic carbocycles. The van der Waals surface area contributed by atoms with Crippen LogP contribution >= 0.6 is 0 Å². The van der Waals surface area contributed by atoms with Gasteiger partial charge in [-0.25, -0.2) is 0 Å². The Morgan fingerprint density at radius 3 is 2.37 bits per heavy atom. The summed E-state index contributed by atoms with van der Waals surface area (Å²) in [5, 5.41) is 0. The molecule has 2 aromatic rings. The van der Waals surface area contributed by atoms with Gasteiger partial charge in [0.15, 0.2) is 0 Å². The van der Waals surface area contributed by atoms with Gasteiger partial charge in [0.2, 0.25) is 0 Å². The first-order valence-corrected chi connectivity index (χ1v) is 8.99. The molecular formula is C20H23F3N2O2. The Hall–Kier alpha value is -2.28. The monoisotopic (exact) mass is 380 g/mol. The molecule has 4 nitrogen and oxygen atoms in total. The van der Waals surface area contributed by atoms with Crippen LogP contribution in [0.15, 0.2) is 34.7 Å². The van der Waals surface area contributed by atoms with E-state index in [1.807, 2.05) is 11.8 Å². The lowest BCUT2D eigenvalue weighted by Gasteiger charge is -2.22. The second kappa shape index (κ2) is 7.76. The molecule has 1 aromatic heterocycles. The molecule has 1 fully saturated rings. The van der Waals surface area contributed by atoms with Crippen LogP contribution in [-0.2, 0) is 12.7 Å². The second-order valence-corrected chi connectivity index (χ2v) is 6.94. The number of hydrogen-bond donors (Lipinski definition) is 0. The van der Waals surface area contributed by atoms with Crippen molar-refractivity contribution >= 4 is 5.91 Å². The van der Waals surface area contributed by atoms with Gasteiger partial charge in [0.1, 0.15) is 11.5 Å². The summed E-state index contributed by atoms with van der Waals surface area (Å²) < 4.78 is 43.5. The van der Waals surface area contributed by atoms with Gasteiger partial charge >= 0.3 is 6.18 Å². The summed E-state index contributed by atoms with van der Waals surface area (Å²) in [6, 6.07) is 7.05. The molecule has 0 radical (unpaired) electrons. The van der Waals surface area contributed by atoms with Crippen LogP contribution in [0.1, 0.15) is 39.4 Å². The standard InChI is InChI=1S/C20H23F3N2O2/c1-14-12-18(15(2)27-14)19(26)25-9-3-8-24(10-11-25)13-16-4-6-17(7-5-16)20(21,22)23/h4-7,12H,3,8-11,13H2,1-2H3. The maximum atomic E-state index is 12.7. The summed E-state index contributed by atoms with van der Waals surface area (Å²) in [5.74, 6) is 1.32. The highest BCUT2D eigenvalue weighted by Crippen LogP contribution is 2.29. The van der Waals surface area contributed by atoms with E-state index in [4.69, 9.17) is 4.42 Å². The van der Waals surface area contributed by atoms with E-state index in [2.05, 4.69) is 4.90 Å². The average Bonchev–Trinajstić information content (AvgIpc) is 2.80. The summed E-state index contributed by atoms with van der Waals surface area (Å²) >= 11 is 0. The van der Waals surface area contributed by atoms with Gasteiger partial charge in [-0.2, -0.15) is 13.2 Å². The smallest absolute Gasteiger partial charge is 0.416 e. The molecule has 1 aliphatic rings. The maximum Gasteiger partial charge on any atom is 0.416 e. The molecule has 0 N–H and O–H groups in total. The Kier molecular flexibility index (Phi) is 5.60. The molecule has 0 bridgehead atoms. The second-order valence-electron chi connectivity index (χ2n) is 6.94. The predicted molar refractivity (Wildman–Crippen MR) is 95.4 cm³/mol. The van der Waals surface area contributed by atoms with Crippen LogP contribution in [0.2, 0.25) is 0 Å². The number of halogens is 3. The van der Waals surface area contributed by atoms with E-state index in [1.165, 1.54) is 12.1 Å². The van der Waals surface area contributed by atoms with Crippen molar-refractivity contribution in [2.24, 2.45) is 0 Å². The minimum absolute atomic E-state index is 0.0271. The van der Waals surface area contributed by atoms with Crippen molar-refractivity contribution in [3.05, 3.63) is 58.5 Å². The van der Waals surface area contributed by atoms with Gasteiger partial charge in [0, 0.05) is 32.7 Å². The Morgan fingerprint density at radius 2 is 1.78 bits per heavy atom. The number of nitrogens with zero attached hydrogens (tertiary/aromatic N) is 2. The van der Waals surface area contributed by atoms with Crippen LogP contribution in [0.4, 0.5) is 13.2 Å². The Morgan fingerprint density at radius 1 is 1.07 bits per heavy atom. The van der Waals surface area contributed by atoms with E-state index >= 15 is 0 Å². The topological polar surface area (TPSA) is 36.7 Å². The summed E-state index contributed by atoms with van der Waals surface area (Å²) in [5.41, 5.74) is 0.803. The zero-order valence-corrected chi connectivity index (χ0v) is 15.5. The van der Waals surface area contributed by atoms with E-state index in [-0.39, 0.29) is 5.91 Å². The molecule has 2 heterocycles. The lowest BCUT2D eigenvalue weighted by Crippen LogP contribution is -2.35. The van der Waals surface area contributed by atoms with Gasteiger partial charge in [0.05, 0.1) is 11.1 Å². The predicted octanol–water partition coefficient (Wildman–Crippen LogP) is 4.26. The van der Waals surface area contributed by atoms with Crippen molar-refractivity contribution in [1.82, 2.24) is 9.80 Å². The summed E-state index contributed by atoms with van der Waals surface area (Å²) in [7, 11) is 0. The average molecular weight is 380 g/mol. The third kappa shape index (κ3) is 4.71. The Bertz CT molecular complexity index is 797. The number of furan rings is 1. The van der Waals surface area contributed by atoms with Crippen LogP contribution in [-0.4, -0.2) is 41.9 Å². The van der Waals surface area contributed by atoms with Gasteiger partial charge in [-0.15, -0.1) is 0 Å². The molecule has 7 heteroatoms. The Labute approximate surface area is 156 Å². The molecule has 1 aliphatic heterocycles. The molecule has 0 atom stereocenters. The molecule has 27 heavy (non-hydrogen) atoms. The van der Waals surface area contributed by atoms with Crippen molar-refractivity contribution in [2.75, 3.05) is 26.2 Å². The Balaban J connectivity index is 1.60. The van der Waals surface area contributed by atoms with E-state index in [0.717, 1.165) is 36.4 Å². The van der Waals surface area contributed by atoms with Crippen LogP contribution in [0.25, 0.3) is 0 Å². The third-order valence-electron chi connectivity index (χ3n) is 4.83. The molecule has 1 amide bonds. The first kappa shape index (κ1) is 19.5. The highest BCUT2D eigenvalue weighted by Gasteiger charge is 2.30. The van der Waals surface area contributed by atoms with E-state index < -0.39 is 11.7 Å². The first-order chi connectivity index (χ1) is 12.7. The molecule has 3 rings (SSSR count). The SMILES string of the molecule is Cc1cc(C(=O)N2CCCN(Cc3ccc(C(F)(F)F)cc3)CC2)c(C)o1. The zero-order chi connectivity index (χ0) is 19.6. The lowest BCUT2D eigenvalue weighted by atomic mass is 10.1. The number of carbonyl (C=O) groups excluding carboxylic acids is 1. The van der Waals surface area contributed by atoms with Crippen molar-refractivity contribution in [3.8, 4) is 0 Å². The summed E-state index contributed by atoms with van der Waals surface area (Å²) in [4.78, 5) is 16.7. The highest BCUT2D eigenvalue weighted by molar-refractivity contribution is 5.95. The number of benzene rings is 1. The molecular weight excluding hydrogens is 357 g/mol. The largest absolute Gasteiger partial charge is 0.466 e. The maximum absolute atomic E-state index is 12.7. The molecule has 0 saturated carbocycles. The highest BCUT2D eigenvalue weighted by atomic mass is 19.4. The number of amides is 1. The minimum Gasteiger partial charge on any atom is -0.466 e. The number of hydrogen-bond acceptors (Lipinski definition) is 3. The fourth-order valence-corrected chi connectivity index (χ4v) is 3.40. The zero-order valence-electron chi connectivity index (χ0n) is 15.5. The molecule has 0 spiro atoms.